The smallest absolute Gasteiger partial charge is 0.00258 e. The third kappa shape index (κ3) is 2.60. The molecule has 0 atom stereocenters. The highest BCUT2D eigenvalue weighted by Gasteiger charge is 1.96. The quantitative estimate of drug-likeness (QED) is 0.705. The first kappa shape index (κ1) is 10.7. The summed E-state index contributed by atoms with van der Waals surface area (Å²) in [7, 11) is 0. The average Bonchev–Trinajstić information content (AvgIpc) is 2.31. The Morgan fingerprint density at radius 3 is 2.00 bits per heavy atom. The van der Waals surface area contributed by atoms with E-state index in [1.54, 1.807) is 0 Å². The molecular formula is C16H16. The summed E-state index contributed by atoms with van der Waals surface area (Å²) in [6, 6.07) is 19.2. The fourth-order valence-corrected chi connectivity index (χ4v) is 1.74. The van der Waals surface area contributed by atoms with Gasteiger partial charge in [-0.1, -0.05) is 66.7 Å². The van der Waals surface area contributed by atoms with Crippen LogP contribution in [0.5, 0.6) is 0 Å². The molecule has 0 heteroatoms. The van der Waals surface area contributed by atoms with Gasteiger partial charge >= 0.3 is 0 Å². The van der Waals surface area contributed by atoms with Crippen molar-refractivity contribution in [1.29, 1.82) is 0 Å². The molecule has 2 aromatic rings. The second-order valence-corrected chi connectivity index (χ2v) is 4.14. The molecule has 0 radical (unpaired) electrons. The molecule has 0 aliphatic rings. The van der Waals surface area contributed by atoms with Crippen LogP contribution in [0.4, 0.5) is 0 Å². The molecule has 80 valence electrons. The van der Waals surface area contributed by atoms with Crippen molar-refractivity contribution in [2.24, 2.45) is 0 Å². The van der Waals surface area contributed by atoms with E-state index in [4.69, 9.17) is 0 Å². The first-order chi connectivity index (χ1) is 7.75. The molecule has 0 fully saturated rings. The van der Waals surface area contributed by atoms with Gasteiger partial charge in [0.2, 0.25) is 0 Å². The molecule has 0 amide bonds. The molecule has 0 aromatic heterocycles. The van der Waals surface area contributed by atoms with Gasteiger partial charge in [0, 0.05) is 0 Å². The fourth-order valence-electron chi connectivity index (χ4n) is 1.74. The highest BCUT2D eigenvalue weighted by atomic mass is 14.0. The Labute approximate surface area is 97.3 Å². The molecular weight excluding hydrogens is 192 g/mol. The second-order valence-electron chi connectivity index (χ2n) is 4.14. The van der Waals surface area contributed by atoms with Crippen LogP contribution in [0.3, 0.4) is 0 Å². The molecule has 2 rings (SSSR count). The monoisotopic (exact) mass is 208 g/mol. The molecule has 0 aliphatic carbocycles. The normalized spacial score (nSPS) is 10.1. The summed E-state index contributed by atoms with van der Waals surface area (Å²) in [6.45, 7) is 5.97. The maximum atomic E-state index is 3.94. The van der Waals surface area contributed by atoms with E-state index in [-0.39, 0.29) is 0 Å². The fraction of sp³-hybridized carbons (Fsp3) is 0.125. The predicted molar refractivity (Wildman–Crippen MR) is 70.4 cm³/mol. The maximum Gasteiger partial charge on any atom is -0.00258 e. The summed E-state index contributed by atoms with van der Waals surface area (Å²) in [5, 5.41) is 0. The summed E-state index contributed by atoms with van der Waals surface area (Å²) in [5.74, 6) is 0. The summed E-state index contributed by atoms with van der Waals surface area (Å²) in [4.78, 5) is 0. The van der Waals surface area contributed by atoms with Crippen LogP contribution in [0, 0.1) is 0 Å². The SMILES string of the molecule is C=C(C)c1ccc(Cc2ccccc2)cc1. The third-order valence-corrected chi connectivity index (χ3v) is 2.70. The highest BCUT2D eigenvalue weighted by molar-refractivity contribution is 5.61. The van der Waals surface area contributed by atoms with Crippen LogP contribution in [0.2, 0.25) is 0 Å². The van der Waals surface area contributed by atoms with Gasteiger partial charge in [0.15, 0.2) is 0 Å². The van der Waals surface area contributed by atoms with Gasteiger partial charge in [-0.15, -0.1) is 0 Å². The zero-order chi connectivity index (χ0) is 11.4. The van der Waals surface area contributed by atoms with Crippen molar-refractivity contribution >= 4 is 5.57 Å². The van der Waals surface area contributed by atoms with Crippen molar-refractivity contribution < 1.29 is 0 Å². The molecule has 0 unspecified atom stereocenters. The van der Waals surface area contributed by atoms with Gasteiger partial charge in [-0.2, -0.15) is 0 Å². The van der Waals surface area contributed by atoms with Gasteiger partial charge in [-0.05, 0) is 30.0 Å². The Hall–Kier alpha value is -1.82. The lowest BCUT2D eigenvalue weighted by Gasteiger charge is -2.04. The maximum absolute atomic E-state index is 3.94. The lowest BCUT2D eigenvalue weighted by molar-refractivity contribution is 1.19. The van der Waals surface area contributed by atoms with E-state index in [9.17, 15) is 0 Å². The van der Waals surface area contributed by atoms with Crippen LogP contribution in [0.15, 0.2) is 61.2 Å². The zero-order valence-corrected chi connectivity index (χ0v) is 9.61. The lowest BCUT2D eigenvalue weighted by Crippen LogP contribution is -1.88. The number of hydrogen-bond acceptors (Lipinski definition) is 0. The van der Waals surface area contributed by atoms with Crippen molar-refractivity contribution in [3.8, 4) is 0 Å². The number of hydrogen-bond donors (Lipinski definition) is 0. The summed E-state index contributed by atoms with van der Waals surface area (Å²) in [6.07, 6.45) is 0.997. The van der Waals surface area contributed by atoms with Crippen LogP contribution >= 0.6 is 0 Å². The summed E-state index contributed by atoms with van der Waals surface area (Å²) < 4.78 is 0. The van der Waals surface area contributed by atoms with E-state index < -0.39 is 0 Å². The van der Waals surface area contributed by atoms with E-state index in [1.165, 1.54) is 16.7 Å². The molecule has 2 aromatic carbocycles. The second kappa shape index (κ2) is 4.80. The number of benzene rings is 2. The Balaban J connectivity index is 2.14. The van der Waals surface area contributed by atoms with Gasteiger partial charge < -0.3 is 0 Å². The average molecular weight is 208 g/mol. The number of allylic oxidation sites excluding steroid dienone is 1. The van der Waals surface area contributed by atoms with Crippen LogP contribution in [-0.2, 0) is 6.42 Å². The van der Waals surface area contributed by atoms with Crippen molar-refractivity contribution in [2.75, 3.05) is 0 Å². The minimum absolute atomic E-state index is 0.997. The molecule has 0 nitrogen and oxygen atoms in total. The largest absolute Gasteiger partial charge is 0.0955 e. The van der Waals surface area contributed by atoms with E-state index >= 15 is 0 Å². The van der Waals surface area contributed by atoms with Crippen LogP contribution in [-0.4, -0.2) is 0 Å². The Morgan fingerprint density at radius 2 is 1.44 bits per heavy atom. The summed E-state index contributed by atoms with van der Waals surface area (Å²) in [5.41, 5.74) is 5.03. The Bertz CT molecular complexity index is 463. The van der Waals surface area contributed by atoms with Gasteiger partial charge in [-0.3, -0.25) is 0 Å². The van der Waals surface area contributed by atoms with Crippen molar-refractivity contribution in [1.82, 2.24) is 0 Å². The van der Waals surface area contributed by atoms with Crippen LogP contribution in [0.1, 0.15) is 23.6 Å². The van der Waals surface area contributed by atoms with E-state index in [2.05, 4.69) is 55.1 Å². The summed E-state index contributed by atoms with van der Waals surface area (Å²) >= 11 is 0. The lowest BCUT2D eigenvalue weighted by atomic mass is 10.0. The molecule has 0 saturated heterocycles. The third-order valence-electron chi connectivity index (χ3n) is 2.70. The zero-order valence-electron chi connectivity index (χ0n) is 9.61. The number of rotatable bonds is 3. The van der Waals surface area contributed by atoms with Gasteiger partial charge in [0.25, 0.3) is 0 Å². The topological polar surface area (TPSA) is 0 Å². The molecule has 0 N–H and O–H groups in total. The molecule has 0 saturated carbocycles. The van der Waals surface area contributed by atoms with Crippen LogP contribution in [0.25, 0.3) is 5.57 Å². The molecule has 16 heavy (non-hydrogen) atoms. The molecule has 0 spiro atoms. The van der Waals surface area contributed by atoms with Crippen molar-refractivity contribution in [3.05, 3.63) is 77.9 Å². The van der Waals surface area contributed by atoms with Crippen molar-refractivity contribution in [2.45, 2.75) is 13.3 Å². The predicted octanol–water partition coefficient (Wildman–Crippen LogP) is 4.31. The minimum atomic E-state index is 0.997. The first-order valence-corrected chi connectivity index (χ1v) is 5.54. The molecule has 0 aliphatic heterocycles. The highest BCUT2D eigenvalue weighted by Crippen LogP contribution is 2.14. The van der Waals surface area contributed by atoms with Crippen LogP contribution < -0.4 is 0 Å². The van der Waals surface area contributed by atoms with E-state index in [0.717, 1.165) is 12.0 Å². The van der Waals surface area contributed by atoms with Gasteiger partial charge in [0.05, 0.1) is 0 Å². The Morgan fingerprint density at radius 1 is 0.875 bits per heavy atom. The van der Waals surface area contributed by atoms with Gasteiger partial charge in [-0.25, -0.2) is 0 Å². The van der Waals surface area contributed by atoms with E-state index in [1.807, 2.05) is 13.0 Å². The van der Waals surface area contributed by atoms with E-state index in [0.29, 0.717) is 0 Å². The first-order valence-electron chi connectivity index (χ1n) is 5.54. The van der Waals surface area contributed by atoms with Gasteiger partial charge in [0.1, 0.15) is 0 Å². The standard InChI is InChI=1S/C16H16/c1-13(2)16-10-8-15(9-11-16)12-14-6-4-3-5-7-14/h3-11H,1,12H2,2H3. The molecule has 0 bridgehead atoms. The molecule has 0 heterocycles. The van der Waals surface area contributed by atoms with Crippen molar-refractivity contribution in [3.63, 3.8) is 0 Å². The minimum Gasteiger partial charge on any atom is -0.0955 e. The Kier molecular flexibility index (Phi) is 3.21.